The van der Waals surface area contributed by atoms with E-state index in [2.05, 4.69) is 10.4 Å². The Labute approximate surface area is 116 Å². The Morgan fingerprint density at radius 1 is 1.40 bits per heavy atom. The molecule has 0 saturated carbocycles. The highest BCUT2D eigenvalue weighted by Crippen LogP contribution is 2.09. The Kier molecular flexibility index (Phi) is 4.47. The van der Waals surface area contributed by atoms with E-state index in [9.17, 15) is 9.18 Å². The zero-order chi connectivity index (χ0) is 14.5. The molecule has 20 heavy (non-hydrogen) atoms. The Balaban J connectivity index is 2.08. The van der Waals surface area contributed by atoms with Gasteiger partial charge in [0.1, 0.15) is 5.82 Å². The number of amides is 1. The molecule has 5 nitrogen and oxygen atoms in total. The van der Waals surface area contributed by atoms with Gasteiger partial charge in [-0.1, -0.05) is 0 Å². The van der Waals surface area contributed by atoms with E-state index in [-0.39, 0.29) is 17.8 Å². The molecule has 1 heterocycles. The third kappa shape index (κ3) is 3.42. The molecule has 2 rings (SSSR count). The number of carbonyl (C=O) groups excluding carboxylic acids is 1. The summed E-state index contributed by atoms with van der Waals surface area (Å²) < 4.78 is 19.3. The van der Waals surface area contributed by atoms with Crippen LogP contribution in [0.5, 0.6) is 0 Å². The number of nitrogens with one attached hydrogen (secondary N) is 1. The second-order valence-electron chi connectivity index (χ2n) is 4.45. The van der Waals surface area contributed by atoms with Crippen molar-refractivity contribution in [3.63, 3.8) is 0 Å². The summed E-state index contributed by atoms with van der Waals surface area (Å²) in [7, 11) is 1.58. The average molecular weight is 277 g/mol. The van der Waals surface area contributed by atoms with Gasteiger partial charge in [-0.15, -0.1) is 0 Å². The van der Waals surface area contributed by atoms with Gasteiger partial charge in [-0.25, -0.2) is 9.07 Å². The van der Waals surface area contributed by atoms with Crippen molar-refractivity contribution in [2.24, 2.45) is 0 Å². The zero-order valence-electron chi connectivity index (χ0n) is 11.3. The van der Waals surface area contributed by atoms with Gasteiger partial charge in [0.2, 0.25) is 0 Å². The quantitative estimate of drug-likeness (QED) is 0.906. The van der Waals surface area contributed by atoms with E-state index in [4.69, 9.17) is 4.74 Å². The van der Waals surface area contributed by atoms with E-state index < -0.39 is 0 Å². The maximum atomic E-state index is 12.8. The van der Waals surface area contributed by atoms with Gasteiger partial charge in [0.05, 0.1) is 12.3 Å². The van der Waals surface area contributed by atoms with Gasteiger partial charge >= 0.3 is 0 Å². The summed E-state index contributed by atoms with van der Waals surface area (Å²) in [6.45, 7) is 2.28. The second-order valence-corrected chi connectivity index (χ2v) is 4.45. The molecular weight excluding hydrogens is 261 g/mol. The summed E-state index contributed by atoms with van der Waals surface area (Å²) in [5.41, 5.74) is 0.993. The lowest BCUT2D eigenvalue weighted by Crippen LogP contribution is -2.35. The fourth-order valence-electron chi connectivity index (χ4n) is 1.77. The van der Waals surface area contributed by atoms with Crippen molar-refractivity contribution in [1.29, 1.82) is 0 Å². The van der Waals surface area contributed by atoms with Gasteiger partial charge in [0, 0.05) is 19.3 Å². The topological polar surface area (TPSA) is 56.1 Å². The monoisotopic (exact) mass is 277 g/mol. The van der Waals surface area contributed by atoms with Crippen molar-refractivity contribution in [2.75, 3.05) is 13.7 Å². The van der Waals surface area contributed by atoms with Crippen molar-refractivity contribution in [3.05, 3.63) is 48.0 Å². The maximum Gasteiger partial charge on any atom is 0.272 e. The number of carbonyl (C=O) groups is 1. The predicted octanol–water partition coefficient (Wildman–Crippen LogP) is 1.78. The largest absolute Gasteiger partial charge is 0.383 e. The molecule has 1 atom stereocenters. The van der Waals surface area contributed by atoms with Crippen LogP contribution in [0, 0.1) is 5.82 Å². The molecule has 0 spiro atoms. The Morgan fingerprint density at radius 3 is 2.75 bits per heavy atom. The molecule has 106 valence electrons. The molecule has 0 bridgehead atoms. The van der Waals surface area contributed by atoms with E-state index in [1.54, 1.807) is 31.5 Å². The summed E-state index contributed by atoms with van der Waals surface area (Å²) in [6.07, 6.45) is 1.66. The molecule has 1 amide bonds. The molecular formula is C14H16FN3O2. The number of hydrogen-bond donors (Lipinski definition) is 1. The van der Waals surface area contributed by atoms with Crippen molar-refractivity contribution < 1.29 is 13.9 Å². The number of benzene rings is 1. The number of nitrogens with zero attached hydrogens (tertiary/aromatic N) is 2. The van der Waals surface area contributed by atoms with Gasteiger partial charge in [-0.2, -0.15) is 5.10 Å². The second kappa shape index (κ2) is 6.29. The van der Waals surface area contributed by atoms with Crippen molar-refractivity contribution in [3.8, 4) is 5.69 Å². The number of rotatable bonds is 5. The molecule has 0 fully saturated rings. The van der Waals surface area contributed by atoms with Crippen LogP contribution < -0.4 is 5.32 Å². The van der Waals surface area contributed by atoms with Crippen molar-refractivity contribution in [2.45, 2.75) is 13.0 Å². The van der Waals surface area contributed by atoms with E-state index in [0.29, 0.717) is 18.0 Å². The van der Waals surface area contributed by atoms with Gasteiger partial charge in [-0.3, -0.25) is 4.79 Å². The molecule has 6 heteroatoms. The van der Waals surface area contributed by atoms with E-state index in [1.165, 1.54) is 16.8 Å². The van der Waals surface area contributed by atoms with Crippen LogP contribution in [0.15, 0.2) is 36.5 Å². The van der Waals surface area contributed by atoms with Gasteiger partial charge in [-0.05, 0) is 37.3 Å². The average Bonchev–Trinajstić information content (AvgIpc) is 2.89. The summed E-state index contributed by atoms with van der Waals surface area (Å²) in [5.74, 6) is -0.581. The standard InChI is InChI=1S/C14H16FN3O2/c1-10(9-20-2)16-14(19)13-7-8-18(17-13)12-5-3-11(15)4-6-12/h3-8,10H,9H2,1-2H3,(H,16,19)/t10-/m0/s1. The van der Waals surface area contributed by atoms with Crippen molar-refractivity contribution >= 4 is 5.91 Å². The maximum absolute atomic E-state index is 12.8. The summed E-state index contributed by atoms with van der Waals surface area (Å²) in [5, 5.41) is 6.94. The lowest BCUT2D eigenvalue weighted by molar-refractivity contribution is 0.0900. The van der Waals surface area contributed by atoms with Gasteiger partial charge in [0.15, 0.2) is 5.69 Å². The Morgan fingerprint density at radius 2 is 2.10 bits per heavy atom. The van der Waals surface area contributed by atoms with Gasteiger partial charge in [0.25, 0.3) is 5.91 Å². The zero-order valence-corrected chi connectivity index (χ0v) is 11.3. The fourth-order valence-corrected chi connectivity index (χ4v) is 1.77. The predicted molar refractivity (Wildman–Crippen MR) is 72.3 cm³/mol. The summed E-state index contributed by atoms with van der Waals surface area (Å²) >= 11 is 0. The van der Waals surface area contributed by atoms with Gasteiger partial charge < -0.3 is 10.1 Å². The molecule has 1 N–H and O–H groups in total. The number of hydrogen-bond acceptors (Lipinski definition) is 3. The van der Waals surface area contributed by atoms with Crippen LogP contribution in [-0.2, 0) is 4.74 Å². The van der Waals surface area contributed by atoms with Crippen molar-refractivity contribution in [1.82, 2.24) is 15.1 Å². The molecule has 1 aromatic carbocycles. The number of methoxy groups -OCH3 is 1. The molecule has 1 aromatic heterocycles. The first kappa shape index (κ1) is 14.2. The molecule has 2 aromatic rings. The lowest BCUT2D eigenvalue weighted by atomic mass is 10.3. The minimum absolute atomic E-state index is 0.0940. The van der Waals surface area contributed by atoms with Crippen LogP contribution in [-0.4, -0.2) is 35.4 Å². The number of halogens is 1. The van der Waals surface area contributed by atoms with Crippen LogP contribution in [0.2, 0.25) is 0 Å². The smallest absolute Gasteiger partial charge is 0.272 e. The number of aromatic nitrogens is 2. The first-order valence-electron chi connectivity index (χ1n) is 6.21. The Hall–Kier alpha value is -2.21. The minimum Gasteiger partial charge on any atom is -0.383 e. The molecule has 0 saturated heterocycles. The van der Waals surface area contributed by atoms with Crippen LogP contribution >= 0.6 is 0 Å². The highest BCUT2D eigenvalue weighted by Gasteiger charge is 2.12. The first-order chi connectivity index (χ1) is 9.60. The van der Waals surface area contributed by atoms with E-state index >= 15 is 0 Å². The van der Waals surface area contributed by atoms with Crippen LogP contribution in [0.4, 0.5) is 4.39 Å². The van der Waals surface area contributed by atoms with Crippen LogP contribution in [0.1, 0.15) is 17.4 Å². The summed E-state index contributed by atoms with van der Waals surface area (Å²) in [4.78, 5) is 11.9. The third-order valence-electron chi connectivity index (χ3n) is 2.71. The highest BCUT2D eigenvalue weighted by molar-refractivity contribution is 5.92. The van der Waals surface area contributed by atoms with Crippen LogP contribution in [0.3, 0.4) is 0 Å². The SMILES string of the molecule is COC[C@H](C)NC(=O)c1ccn(-c2ccc(F)cc2)n1. The third-order valence-corrected chi connectivity index (χ3v) is 2.71. The lowest BCUT2D eigenvalue weighted by Gasteiger charge is -2.11. The Bertz CT molecular complexity index is 580. The van der Waals surface area contributed by atoms with Crippen LogP contribution in [0.25, 0.3) is 5.69 Å². The molecule has 0 aliphatic rings. The molecule has 0 unspecified atom stereocenters. The molecule has 0 aliphatic heterocycles. The number of ether oxygens (including phenoxy) is 1. The normalized spacial score (nSPS) is 12.2. The summed E-state index contributed by atoms with van der Waals surface area (Å²) in [6, 6.07) is 7.39. The molecule has 0 aliphatic carbocycles. The van der Waals surface area contributed by atoms with E-state index in [0.717, 1.165) is 0 Å². The fraction of sp³-hybridized carbons (Fsp3) is 0.286. The highest BCUT2D eigenvalue weighted by atomic mass is 19.1. The first-order valence-corrected chi connectivity index (χ1v) is 6.21. The minimum atomic E-state index is -0.313. The van der Waals surface area contributed by atoms with E-state index in [1.807, 2.05) is 6.92 Å². The molecule has 0 radical (unpaired) electrons.